The van der Waals surface area contributed by atoms with Crippen LogP contribution in [0.1, 0.15) is 31.5 Å². The van der Waals surface area contributed by atoms with Crippen LogP contribution in [0.3, 0.4) is 0 Å². The van der Waals surface area contributed by atoms with E-state index in [4.69, 9.17) is 5.26 Å². The average Bonchev–Trinajstić information content (AvgIpc) is 2.53. The van der Waals surface area contributed by atoms with Crippen LogP contribution >= 0.6 is 0 Å². The first kappa shape index (κ1) is 13.0. The summed E-state index contributed by atoms with van der Waals surface area (Å²) < 4.78 is 1.49. The molecule has 0 saturated carbocycles. The van der Waals surface area contributed by atoms with E-state index in [1.165, 1.54) is 4.68 Å². The molecule has 1 atom stereocenters. The van der Waals surface area contributed by atoms with Gasteiger partial charge in [-0.25, -0.2) is 4.79 Å². The number of hydrogen-bond donors (Lipinski definition) is 2. The zero-order chi connectivity index (χ0) is 13.2. The van der Waals surface area contributed by atoms with Gasteiger partial charge < -0.3 is 10.4 Å². The van der Waals surface area contributed by atoms with Crippen LogP contribution in [0.15, 0.2) is 0 Å². The minimum absolute atomic E-state index is 0.383. The van der Waals surface area contributed by atoms with Crippen molar-refractivity contribution in [3.8, 4) is 6.07 Å². The Labute approximate surface area is 99.9 Å². The lowest BCUT2D eigenvalue weighted by atomic mass is 9.99. The van der Waals surface area contributed by atoms with E-state index in [0.29, 0.717) is 23.5 Å². The largest absolute Gasteiger partial charge is 0.480 e. The van der Waals surface area contributed by atoms with E-state index in [2.05, 4.69) is 10.4 Å². The van der Waals surface area contributed by atoms with Gasteiger partial charge in [-0.1, -0.05) is 6.92 Å². The SMILES string of the molecule is CCC(C)(Nc1c(C#N)c(C)nn1C)C(=O)O. The highest BCUT2D eigenvalue weighted by Crippen LogP contribution is 2.23. The first-order valence-corrected chi connectivity index (χ1v) is 5.31. The molecule has 1 heterocycles. The van der Waals surface area contributed by atoms with Crippen molar-refractivity contribution in [2.45, 2.75) is 32.7 Å². The maximum absolute atomic E-state index is 11.2. The lowest BCUT2D eigenvalue weighted by Crippen LogP contribution is -2.43. The third-order valence-electron chi connectivity index (χ3n) is 2.91. The number of hydrogen-bond acceptors (Lipinski definition) is 4. The van der Waals surface area contributed by atoms with Gasteiger partial charge in [0.05, 0.1) is 5.69 Å². The number of carboxylic acid groups (broad SMARTS) is 1. The minimum atomic E-state index is -1.11. The van der Waals surface area contributed by atoms with Gasteiger partial charge in [0.15, 0.2) is 0 Å². The second-order valence-corrected chi connectivity index (χ2v) is 4.16. The standard InChI is InChI=1S/C11H16N4O2/c1-5-11(3,10(16)17)13-9-8(6-12)7(2)14-15(9)4/h13H,5H2,1-4H3,(H,16,17). The van der Waals surface area contributed by atoms with E-state index in [9.17, 15) is 9.90 Å². The molecule has 17 heavy (non-hydrogen) atoms. The molecule has 92 valence electrons. The molecule has 0 bridgehead atoms. The zero-order valence-corrected chi connectivity index (χ0v) is 10.4. The fourth-order valence-electron chi connectivity index (χ4n) is 1.49. The van der Waals surface area contributed by atoms with Crippen LogP contribution in [-0.4, -0.2) is 26.4 Å². The molecular weight excluding hydrogens is 220 g/mol. The number of carbonyl (C=O) groups is 1. The number of nitrogens with one attached hydrogen (secondary N) is 1. The number of nitriles is 1. The summed E-state index contributed by atoms with van der Waals surface area (Å²) >= 11 is 0. The predicted molar refractivity (Wildman–Crippen MR) is 62.6 cm³/mol. The van der Waals surface area contributed by atoms with Crippen molar-refractivity contribution in [3.05, 3.63) is 11.3 Å². The first-order valence-electron chi connectivity index (χ1n) is 5.31. The van der Waals surface area contributed by atoms with Crippen LogP contribution in [0.5, 0.6) is 0 Å². The monoisotopic (exact) mass is 236 g/mol. The molecule has 0 radical (unpaired) electrons. The number of aliphatic carboxylic acids is 1. The Morgan fingerprint density at radius 3 is 2.71 bits per heavy atom. The maximum Gasteiger partial charge on any atom is 0.329 e. The van der Waals surface area contributed by atoms with Crippen LogP contribution in [0.2, 0.25) is 0 Å². The zero-order valence-electron chi connectivity index (χ0n) is 10.4. The molecular formula is C11H16N4O2. The van der Waals surface area contributed by atoms with Gasteiger partial charge in [0.25, 0.3) is 0 Å². The summed E-state index contributed by atoms with van der Waals surface area (Å²) in [5, 5.41) is 25.2. The van der Waals surface area contributed by atoms with E-state index in [1.807, 2.05) is 6.07 Å². The Morgan fingerprint density at radius 2 is 2.29 bits per heavy atom. The lowest BCUT2D eigenvalue weighted by molar-refractivity contribution is -0.141. The first-order chi connectivity index (χ1) is 7.85. The molecule has 1 aromatic rings. The number of carboxylic acids is 1. The van der Waals surface area contributed by atoms with Gasteiger partial charge in [0.2, 0.25) is 0 Å². The van der Waals surface area contributed by atoms with Crippen molar-refractivity contribution in [2.75, 3.05) is 5.32 Å². The van der Waals surface area contributed by atoms with Crippen molar-refractivity contribution < 1.29 is 9.90 Å². The Kier molecular flexibility index (Phi) is 3.42. The van der Waals surface area contributed by atoms with Gasteiger partial charge in [-0.15, -0.1) is 0 Å². The van der Waals surface area contributed by atoms with Gasteiger partial charge in [-0.3, -0.25) is 4.68 Å². The van der Waals surface area contributed by atoms with Crippen molar-refractivity contribution in [3.63, 3.8) is 0 Å². The fraction of sp³-hybridized carbons (Fsp3) is 0.545. The molecule has 1 rings (SSSR count). The third kappa shape index (κ3) is 2.23. The van der Waals surface area contributed by atoms with Crippen molar-refractivity contribution >= 4 is 11.8 Å². The molecule has 0 fully saturated rings. The van der Waals surface area contributed by atoms with Gasteiger partial charge >= 0.3 is 5.97 Å². The number of rotatable bonds is 4. The highest BCUT2D eigenvalue weighted by atomic mass is 16.4. The van der Waals surface area contributed by atoms with Gasteiger partial charge in [-0.05, 0) is 20.3 Å². The molecule has 1 unspecified atom stereocenters. The molecule has 0 amide bonds. The van der Waals surface area contributed by atoms with Crippen LogP contribution in [0, 0.1) is 18.3 Å². The molecule has 6 heteroatoms. The summed E-state index contributed by atoms with van der Waals surface area (Å²) in [6.45, 7) is 5.07. The average molecular weight is 236 g/mol. The molecule has 0 aromatic carbocycles. The second kappa shape index (κ2) is 4.45. The topological polar surface area (TPSA) is 90.9 Å². The van der Waals surface area contributed by atoms with Crippen LogP contribution in [0.25, 0.3) is 0 Å². The number of aryl methyl sites for hydroxylation is 2. The van der Waals surface area contributed by atoms with Crippen LogP contribution in [0.4, 0.5) is 5.82 Å². The highest BCUT2D eigenvalue weighted by molar-refractivity contribution is 5.82. The Hall–Kier alpha value is -2.03. The smallest absolute Gasteiger partial charge is 0.329 e. The predicted octanol–water partition coefficient (Wildman–Crippen LogP) is 1.27. The molecule has 6 nitrogen and oxygen atoms in total. The second-order valence-electron chi connectivity index (χ2n) is 4.16. The fourth-order valence-corrected chi connectivity index (χ4v) is 1.49. The number of nitrogens with zero attached hydrogens (tertiary/aromatic N) is 3. The minimum Gasteiger partial charge on any atom is -0.480 e. The summed E-state index contributed by atoms with van der Waals surface area (Å²) in [6.07, 6.45) is 0.400. The normalized spacial score (nSPS) is 13.8. The Morgan fingerprint density at radius 1 is 1.71 bits per heavy atom. The molecule has 2 N–H and O–H groups in total. The summed E-state index contributed by atoms with van der Waals surface area (Å²) in [5.41, 5.74) is -0.138. The van der Waals surface area contributed by atoms with Gasteiger partial charge in [0.1, 0.15) is 23.0 Å². The quantitative estimate of drug-likeness (QED) is 0.821. The van der Waals surface area contributed by atoms with Crippen molar-refractivity contribution in [1.82, 2.24) is 9.78 Å². The maximum atomic E-state index is 11.2. The molecule has 1 aromatic heterocycles. The Balaban J connectivity index is 3.20. The molecule has 0 aliphatic heterocycles. The van der Waals surface area contributed by atoms with E-state index in [1.54, 1.807) is 27.8 Å². The Bertz CT molecular complexity index is 486. The van der Waals surface area contributed by atoms with E-state index in [0.717, 1.165) is 0 Å². The van der Waals surface area contributed by atoms with E-state index in [-0.39, 0.29) is 0 Å². The van der Waals surface area contributed by atoms with Gasteiger partial charge in [-0.2, -0.15) is 10.4 Å². The molecule has 0 aliphatic rings. The summed E-state index contributed by atoms with van der Waals surface area (Å²) in [7, 11) is 1.67. The summed E-state index contributed by atoms with van der Waals surface area (Å²) in [5.74, 6) is -0.514. The molecule has 0 aliphatic carbocycles. The summed E-state index contributed by atoms with van der Waals surface area (Å²) in [6, 6.07) is 2.03. The van der Waals surface area contributed by atoms with Crippen molar-refractivity contribution in [2.24, 2.45) is 7.05 Å². The third-order valence-corrected chi connectivity index (χ3v) is 2.91. The van der Waals surface area contributed by atoms with E-state index < -0.39 is 11.5 Å². The lowest BCUT2D eigenvalue weighted by Gasteiger charge is -2.25. The number of anilines is 1. The van der Waals surface area contributed by atoms with E-state index >= 15 is 0 Å². The highest BCUT2D eigenvalue weighted by Gasteiger charge is 2.33. The van der Waals surface area contributed by atoms with Crippen molar-refractivity contribution in [1.29, 1.82) is 5.26 Å². The molecule has 0 spiro atoms. The number of aromatic nitrogens is 2. The molecule has 0 saturated heterocycles. The van der Waals surface area contributed by atoms with Gasteiger partial charge in [0, 0.05) is 7.05 Å². The summed E-state index contributed by atoms with van der Waals surface area (Å²) in [4.78, 5) is 11.2. The van der Waals surface area contributed by atoms with Crippen LogP contribution in [-0.2, 0) is 11.8 Å². The van der Waals surface area contributed by atoms with Crippen LogP contribution < -0.4 is 5.32 Å².